The van der Waals surface area contributed by atoms with Gasteiger partial charge in [0.2, 0.25) is 0 Å². The van der Waals surface area contributed by atoms with Crippen molar-refractivity contribution in [3.05, 3.63) is 35.9 Å². The Labute approximate surface area is 280 Å². The van der Waals surface area contributed by atoms with Crippen LogP contribution in [-0.2, 0) is 39.5 Å². The lowest BCUT2D eigenvalue weighted by molar-refractivity contribution is -0.343. The van der Waals surface area contributed by atoms with Gasteiger partial charge in [-0.2, -0.15) is 0 Å². The molecule has 17 heteroatoms. The largest absolute Gasteiger partial charge is 0.414 e. The Balaban J connectivity index is 1.34. The summed E-state index contributed by atoms with van der Waals surface area (Å²) in [7, 11) is -2.26. The minimum atomic E-state index is -2.26. The van der Waals surface area contributed by atoms with Crippen molar-refractivity contribution in [2.24, 2.45) is 0 Å². The predicted molar refractivity (Wildman–Crippen MR) is 166 cm³/mol. The molecule has 0 spiro atoms. The van der Waals surface area contributed by atoms with Gasteiger partial charge in [-0.25, -0.2) is 0 Å². The van der Waals surface area contributed by atoms with Crippen LogP contribution in [0.5, 0.6) is 0 Å². The standard InChI is InChI=1S/C31H52O16Si/c1-31(2,3)48(4,5)44-14-18-21(34)24(37)27(40)30(47-18)43-13-17-20(33)23(36)26(39)29(46-17)42-12-16-19(32)22(35)25(38)28(45-16)41-11-15-9-7-6-8-10-15/h6-10,16-30,32-40H,11-14H2,1-5H3/t16-,17-,18-,19-,20-,21-,22+,23+,24+,25+,26+,27+,28+,29+,30+/m0/s1. The van der Waals surface area contributed by atoms with Crippen molar-refractivity contribution >= 4 is 8.32 Å². The first-order valence-corrected chi connectivity index (χ1v) is 19.0. The highest BCUT2D eigenvalue weighted by atomic mass is 28.4. The molecular formula is C31H52O16Si. The molecule has 48 heavy (non-hydrogen) atoms. The third-order valence-electron chi connectivity index (χ3n) is 9.53. The second-order valence-corrected chi connectivity index (χ2v) is 18.9. The molecule has 3 saturated heterocycles. The van der Waals surface area contributed by atoms with Gasteiger partial charge in [0.05, 0.1) is 26.4 Å². The van der Waals surface area contributed by atoms with E-state index in [1.165, 1.54) is 0 Å². The molecule has 276 valence electrons. The maximum Gasteiger partial charge on any atom is 0.192 e. The first-order chi connectivity index (χ1) is 22.4. The maximum atomic E-state index is 10.6. The summed E-state index contributed by atoms with van der Waals surface area (Å²) < 4.78 is 40.0. The van der Waals surface area contributed by atoms with Crippen LogP contribution in [0.1, 0.15) is 26.3 Å². The van der Waals surface area contributed by atoms with E-state index in [1.54, 1.807) is 24.3 Å². The fourth-order valence-electron chi connectivity index (χ4n) is 5.21. The quantitative estimate of drug-likeness (QED) is 0.103. The van der Waals surface area contributed by atoms with Crippen molar-refractivity contribution in [3.63, 3.8) is 0 Å². The van der Waals surface area contributed by atoms with Crippen LogP contribution in [0.4, 0.5) is 0 Å². The van der Waals surface area contributed by atoms with Crippen LogP contribution in [0, 0.1) is 0 Å². The van der Waals surface area contributed by atoms with Crippen molar-refractivity contribution in [2.75, 3.05) is 19.8 Å². The average Bonchev–Trinajstić information content (AvgIpc) is 3.04. The van der Waals surface area contributed by atoms with Crippen molar-refractivity contribution in [1.29, 1.82) is 0 Å². The lowest BCUT2D eigenvalue weighted by Gasteiger charge is -2.44. The molecule has 15 atom stereocenters. The molecule has 1 aromatic carbocycles. The second kappa shape index (κ2) is 16.4. The highest BCUT2D eigenvalue weighted by Gasteiger charge is 2.50. The molecule has 0 radical (unpaired) electrons. The molecule has 16 nitrogen and oxygen atoms in total. The molecule has 0 saturated carbocycles. The Morgan fingerprint density at radius 2 is 0.917 bits per heavy atom. The van der Waals surface area contributed by atoms with E-state index in [1.807, 2.05) is 39.9 Å². The minimum absolute atomic E-state index is 0.0367. The van der Waals surface area contributed by atoms with Crippen LogP contribution >= 0.6 is 0 Å². The molecule has 0 unspecified atom stereocenters. The molecule has 3 fully saturated rings. The number of rotatable bonds is 12. The van der Waals surface area contributed by atoms with Gasteiger partial charge in [0.25, 0.3) is 0 Å². The second-order valence-electron chi connectivity index (χ2n) is 14.1. The van der Waals surface area contributed by atoms with Crippen LogP contribution in [0.15, 0.2) is 30.3 Å². The van der Waals surface area contributed by atoms with Gasteiger partial charge in [0.1, 0.15) is 73.2 Å². The van der Waals surface area contributed by atoms with E-state index >= 15 is 0 Å². The van der Waals surface area contributed by atoms with E-state index in [-0.39, 0.29) is 18.3 Å². The van der Waals surface area contributed by atoms with E-state index < -0.39 is 114 Å². The molecule has 0 aliphatic carbocycles. The molecule has 0 aromatic heterocycles. The number of benzene rings is 1. The molecule has 3 heterocycles. The van der Waals surface area contributed by atoms with E-state index in [9.17, 15) is 46.0 Å². The van der Waals surface area contributed by atoms with Crippen molar-refractivity contribution < 1.29 is 78.8 Å². The third-order valence-corrected chi connectivity index (χ3v) is 14.0. The van der Waals surface area contributed by atoms with Gasteiger partial charge >= 0.3 is 0 Å². The summed E-state index contributed by atoms with van der Waals surface area (Å²) >= 11 is 0. The zero-order valence-electron chi connectivity index (χ0n) is 27.8. The topological polar surface area (TPSA) is 247 Å². The fraction of sp³-hybridized carbons (Fsp3) is 0.806. The summed E-state index contributed by atoms with van der Waals surface area (Å²) in [4.78, 5) is 0. The van der Waals surface area contributed by atoms with Crippen molar-refractivity contribution in [3.8, 4) is 0 Å². The van der Waals surface area contributed by atoms with Gasteiger partial charge in [-0.3, -0.25) is 0 Å². The summed E-state index contributed by atoms with van der Waals surface area (Å²) in [6, 6.07) is 9.00. The Morgan fingerprint density at radius 1 is 0.542 bits per heavy atom. The van der Waals surface area contributed by atoms with Gasteiger partial charge in [-0.05, 0) is 23.7 Å². The van der Waals surface area contributed by atoms with Crippen LogP contribution in [0.2, 0.25) is 18.1 Å². The zero-order chi connectivity index (χ0) is 35.6. The van der Waals surface area contributed by atoms with Gasteiger partial charge < -0.3 is 78.8 Å². The molecule has 0 bridgehead atoms. The Morgan fingerprint density at radius 3 is 1.31 bits per heavy atom. The highest BCUT2D eigenvalue weighted by Crippen LogP contribution is 2.37. The van der Waals surface area contributed by atoms with Crippen LogP contribution in [0.25, 0.3) is 0 Å². The predicted octanol–water partition coefficient (Wildman–Crippen LogP) is -2.32. The summed E-state index contributed by atoms with van der Waals surface area (Å²) in [5, 5.41) is 94.5. The summed E-state index contributed by atoms with van der Waals surface area (Å²) in [5.74, 6) is 0. The SMILES string of the molecule is CC(C)(C)[Si](C)(C)OC[C@@H]1O[C@@H](OC[C@@H]2O[C@@H](OC[C@@H]3O[C@@H](OCc4ccccc4)[C@H](O)[C@H](O)[C@H]3O)[C@H](O)[C@H](O)[C@H]2O)[C@H](O)[C@H](O)[C@H]1O. The van der Waals surface area contributed by atoms with Crippen LogP contribution in [-0.4, -0.2) is 166 Å². The number of hydrogen-bond acceptors (Lipinski definition) is 16. The molecule has 0 amide bonds. The van der Waals surface area contributed by atoms with E-state index in [0.29, 0.717) is 0 Å². The number of aliphatic hydroxyl groups is 9. The third kappa shape index (κ3) is 9.17. The average molecular weight is 709 g/mol. The molecule has 9 N–H and O–H groups in total. The number of ether oxygens (including phenoxy) is 6. The van der Waals surface area contributed by atoms with Crippen LogP contribution < -0.4 is 0 Å². The Kier molecular flexibility index (Phi) is 13.5. The van der Waals surface area contributed by atoms with E-state index in [4.69, 9.17) is 32.8 Å². The van der Waals surface area contributed by atoms with Crippen LogP contribution in [0.3, 0.4) is 0 Å². The van der Waals surface area contributed by atoms with Crippen molar-refractivity contribution in [1.82, 2.24) is 0 Å². The number of hydrogen-bond donors (Lipinski definition) is 9. The maximum absolute atomic E-state index is 10.6. The monoisotopic (exact) mass is 708 g/mol. The molecular weight excluding hydrogens is 656 g/mol. The van der Waals surface area contributed by atoms with Crippen molar-refractivity contribution in [2.45, 2.75) is 138 Å². The minimum Gasteiger partial charge on any atom is -0.414 e. The smallest absolute Gasteiger partial charge is 0.192 e. The van der Waals surface area contributed by atoms with Gasteiger partial charge in [0, 0.05) is 0 Å². The zero-order valence-corrected chi connectivity index (χ0v) is 28.8. The Hall–Kier alpha value is -1.20. The van der Waals surface area contributed by atoms with Gasteiger partial charge in [0.15, 0.2) is 27.2 Å². The Bertz CT molecular complexity index is 1130. The summed E-state index contributed by atoms with van der Waals surface area (Å²) in [5.41, 5.74) is 0.771. The highest BCUT2D eigenvalue weighted by molar-refractivity contribution is 6.74. The summed E-state index contributed by atoms with van der Waals surface area (Å²) in [6.45, 7) is 9.06. The summed E-state index contributed by atoms with van der Waals surface area (Å²) in [6.07, 6.45) is -23.0. The first-order valence-electron chi connectivity index (χ1n) is 16.0. The fourth-order valence-corrected chi connectivity index (χ4v) is 6.23. The van der Waals surface area contributed by atoms with E-state index in [0.717, 1.165) is 5.56 Å². The normalized spacial score (nSPS) is 41.3. The first kappa shape index (κ1) is 39.6. The lowest BCUT2D eigenvalue weighted by Crippen LogP contribution is -2.63. The molecule has 3 aliphatic rings. The van der Waals surface area contributed by atoms with Gasteiger partial charge in [-0.1, -0.05) is 51.1 Å². The molecule has 4 rings (SSSR count). The molecule has 1 aromatic rings. The lowest BCUT2D eigenvalue weighted by atomic mass is 9.98. The van der Waals surface area contributed by atoms with E-state index in [2.05, 4.69) is 0 Å². The molecule has 3 aliphatic heterocycles. The number of aliphatic hydroxyl groups excluding tert-OH is 9. The van der Waals surface area contributed by atoms with Gasteiger partial charge in [-0.15, -0.1) is 0 Å².